The molecule has 0 aliphatic rings. The minimum Gasteiger partial charge on any atom is -0.325 e. The fourth-order valence-corrected chi connectivity index (χ4v) is 2.34. The molecule has 1 aromatic heterocycles. The van der Waals surface area contributed by atoms with Crippen LogP contribution in [0.15, 0.2) is 29.4 Å². The van der Waals surface area contributed by atoms with Crippen LogP contribution in [0, 0.1) is 0 Å². The first-order chi connectivity index (χ1) is 10.8. The molecular weight excluding hydrogens is 329 g/mol. The van der Waals surface area contributed by atoms with Crippen LogP contribution in [0.25, 0.3) is 0 Å². The fourth-order valence-electron chi connectivity index (χ4n) is 1.74. The molecule has 1 aromatic carbocycles. The first-order valence-corrected chi connectivity index (χ1v) is 7.77. The molecule has 5 nitrogen and oxygen atoms in total. The number of nitrogens with one attached hydrogen (secondary N) is 2. The Morgan fingerprint density at radius 2 is 2.04 bits per heavy atom. The van der Waals surface area contributed by atoms with Crippen LogP contribution in [0.2, 0.25) is 0 Å². The second-order valence-corrected chi connectivity index (χ2v) is 5.98. The highest BCUT2D eigenvalue weighted by Gasteiger charge is 2.33. The van der Waals surface area contributed by atoms with Gasteiger partial charge in [-0.2, -0.15) is 13.2 Å². The number of aromatic amines is 1. The van der Waals surface area contributed by atoms with Gasteiger partial charge in [-0.1, -0.05) is 37.7 Å². The molecule has 9 heteroatoms. The van der Waals surface area contributed by atoms with Crippen molar-refractivity contribution in [2.24, 2.45) is 0 Å². The maximum atomic E-state index is 12.8. The van der Waals surface area contributed by atoms with E-state index < -0.39 is 17.6 Å². The van der Waals surface area contributed by atoms with Gasteiger partial charge in [-0.15, -0.1) is 5.10 Å². The second kappa shape index (κ2) is 7.03. The molecule has 0 atom stereocenters. The van der Waals surface area contributed by atoms with Gasteiger partial charge in [0.2, 0.25) is 11.1 Å². The van der Waals surface area contributed by atoms with Crippen LogP contribution in [0.1, 0.15) is 31.2 Å². The van der Waals surface area contributed by atoms with Crippen LogP contribution < -0.4 is 5.32 Å². The number of aromatic nitrogens is 3. The van der Waals surface area contributed by atoms with Crippen molar-refractivity contribution in [2.75, 3.05) is 11.1 Å². The van der Waals surface area contributed by atoms with Crippen molar-refractivity contribution in [3.8, 4) is 0 Å². The average molecular weight is 344 g/mol. The van der Waals surface area contributed by atoms with E-state index in [2.05, 4.69) is 20.5 Å². The van der Waals surface area contributed by atoms with Crippen molar-refractivity contribution < 1.29 is 18.0 Å². The lowest BCUT2D eigenvalue weighted by Crippen LogP contribution is -2.18. The summed E-state index contributed by atoms with van der Waals surface area (Å²) in [4.78, 5) is 16.0. The van der Waals surface area contributed by atoms with E-state index in [1.807, 2.05) is 13.8 Å². The number of nitrogens with zero attached hydrogens (tertiary/aromatic N) is 2. The third-order valence-corrected chi connectivity index (χ3v) is 3.72. The van der Waals surface area contributed by atoms with Gasteiger partial charge >= 0.3 is 6.18 Å². The molecule has 0 saturated carbocycles. The van der Waals surface area contributed by atoms with Gasteiger partial charge < -0.3 is 5.32 Å². The zero-order chi connectivity index (χ0) is 17.0. The number of alkyl halides is 3. The summed E-state index contributed by atoms with van der Waals surface area (Å²) in [5, 5.41) is 9.34. The Morgan fingerprint density at radius 1 is 1.35 bits per heavy atom. The number of carbonyl (C=O) groups is 1. The van der Waals surface area contributed by atoms with E-state index in [0.717, 1.165) is 17.8 Å². The van der Waals surface area contributed by atoms with Gasteiger partial charge in [0.1, 0.15) is 5.82 Å². The van der Waals surface area contributed by atoms with Gasteiger partial charge in [-0.05, 0) is 12.1 Å². The van der Waals surface area contributed by atoms with Crippen LogP contribution >= 0.6 is 11.8 Å². The van der Waals surface area contributed by atoms with Gasteiger partial charge in [-0.25, -0.2) is 4.98 Å². The van der Waals surface area contributed by atoms with Crippen LogP contribution in [-0.2, 0) is 11.0 Å². The SMILES string of the molecule is CC(C)c1nc(SCC(=O)Nc2ccccc2C(F)(F)F)n[nH]1. The number of para-hydroxylation sites is 1. The normalized spacial score (nSPS) is 11.7. The van der Waals surface area contributed by atoms with E-state index in [1.54, 1.807) is 0 Å². The Kier molecular flexibility index (Phi) is 5.30. The van der Waals surface area contributed by atoms with Gasteiger partial charge in [-0.3, -0.25) is 9.89 Å². The van der Waals surface area contributed by atoms with Crippen LogP contribution in [0.4, 0.5) is 18.9 Å². The number of H-pyrrole nitrogens is 1. The zero-order valence-corrected chi connectivity index (χ0v) is 13.3. The molecule has 0 unspecified atom stereocenters. The Morgan fingerprint density at radius 3 is 2.65 bits per heavy atom. The quantitative estimate of drug-likeness (QED) is 0.812. The van der Waals surface area contributed by atoms with E-state index in [9.17, 15) is 18.0 Å². The molecule has 2 rings (SSSR count). The summed E-state index contributed by atoms with van der Waals surface area (Å²) in [6, 6.07) is 4.85. The number of rotatable bonds is 5. The number of thioether (sulfide) groups is 1. The maximum Gasteiger partial charge on any atom is 0.418 e. The number of halogens is 3. The highest BCUT2D eigenvalue weighted by Crippen LogP contribution is 2.34. The predicted octanol–water partition coefficient (Wildman–Crippen LogP) is 3.68. The van der Waals surface area contributed by atoms with Gasteiger partial charge in [0, 0.05) is 5.92 Å². The number of carbonyl (C=O) groups excluding carboxylic acids is 1. The van der Waals surface area contributed by atoms with Crippen molar-refractivity contribution in [3.63, 3.8) is 0 Å². The predicted molar refractivity (Wildman–Crippen MR) is 81.3 cm³/mol. The van der Waals surface area contributed by atoms with Gasteiger partial charge in [0.15, 0.2) is 0 Å². The monoisotopic (exact) mass is 344 g/mol. The number of hydrogen-bond donors (Lipinski definition) is 2. The van der Waals surface area contributed by atoms with E-state index in [0.29, 0.717) is 11.0 Å². The Labute approximate surface area is 135 Å². The second-order valence-electron chi connectivity index (χ2n) is 5.04. The standard InChI is InChI=1S/C14H15F3N4OS/c1-8(2)12-19-13(21-20-12)23-7-11(22)18-10-6-4-3-5-9(10)14(15,16)17/h3-6,8H,7H2,1-2H3,(H,18,22)(H,19,20,21). The van der Waals surface area contributed by atoms with Gasteiger partial charge in [0.25, 0.3) is 0 Å². The topological polar surface area (TPSA) is 70.7 Å². The summed E-state index contributed by atoms with van der Waals surface area (Å²) in [6.07, 6.45) is -4.52. The molecule has 0 aliphatic heterocycles. The highest BCUT2D eigenvalue weighted by atomic mass is 32.2. The Hall–Kier alpha value is -2.03. The average Bonchev–Trinajstić information content (AvgIpc) is 2.94. The third-order valence-electron chi connectivity index (χ3n) is 2.87. The lowest BCUT2D eigenvalue weighted by Gasteiger charge is -2.13. The smallest absolute Gasteiger partial charge is 0.325 e. The largest absolute Gasteiger partial charge is 0.418 e. The summed E-state index contributed by atoms with van der Waals surface area (Å²) in [7, 11) is 0. The summed E-state index contributed by atoms with van der Waals surface area (Å²) >= 11 is 1.05. The van der Waals surface area contributed by atoms with E-state index in [-0.39, 0.29) is 17.4 Å². The number of anilines is 1. The highest BCUT2D eigenvalue weighted by molar-refractivity contribution is 7.99. The van der Waals surface area contributed by atoms with Crippen LogP contribution in [0.5, 0.6) is 0 Å². The van der Waals surface area contributed by atoms with E-state index >= 15 is 0 Å². The van der Waals surface area contributed by atoms with Crippen LogP contribution in [0.3, 0.4) is 0 Å². The van der Waals surface area contributed by atoms with Gasteiger partial charge in [0.05, 0.1) is 17.0 Å². The summed E-state index contributed by atoms with van der Waals surface area (Å²) in [6.45, 7) is 3.88. The lowest BCUT2D eigenvalue weighted by molar-refractivity contribution is -0.137. The Bertz CT molecular complexity index is 685. The molecule has 0 spiro atoms. The third kappa shape index (κ3) is 4.72. The van der Waals surface area contributed by atoms with Crippen molar-refractivity contribution in [3.05, 3.63) is 35.7 Å². The Balaban J connectivity index is 1.97. The van der Waals surface area contributed by atoms with Crippen molar-refractivity contribution >= 4 is 23.4 Å². The molecule has 2 N–H and O–H groups in total. The van der Waals surface area contributed by atoms with Crippen molar-refractivity contribution in [2.45, 2.75) is 31.1 Å². The summed E-state index contributed by atoms with van der Waals surface area (Å²) in [5.74, 6) is 0.226. The minimum atomic E-state index is -4.52. The molecule has 0 saturated heterocycles. The van der Waals surface area contributed by atoms with Crippen molar-refractivity contribution in [1.29, 1.82) is 0 Å². The fraction of sp³-hybridized carbons (Fsp3) is 0.357. The van der Waals surface area contributed by atoms with E-state index in [1.165, 1.54) is 18.2 Å². The molecule has 0 fully saturated rings. The first kappa shape index (κ1) is 17.3. The number of benzene rings is 1. The summed E-state index contributed by atoms with van der Waals surface area (Å²) in [5.41, 5.74) is -1.14. The molecule has 1 heterocycles. The number of amides is 1. The molecule has 0 bridgehead atoms. The van der Waals surface area contributed by atoms with Crippen molar-refractivity contribution in [1.82, 2.24) is 15.2 Å². The molecular formula is C14H15F3N4OS. The molecule has 0 radical (unpaired) electrons. The zero-order valence-electron chi connectivity index (χ0n) is 12.4. The molecule has 2 aromatic rings. The molecule has 1 amide bonds. The molecule has 23 heavy (non-hydrogen) atoms. The maximum absolute atomic E-state index is 12.8. The van der Waals surface area contributed by atoms with Crippen LogP contribution in [-0.4, -0.2) is 26.8 Å². The first-order valence-electron chi connectivity index (χ1n) is 6.78. The lowest BCUT2D eigenvalue weighted by atomic mass is 10.1. The van der Waals surface area contributed by atoms with E-state index in [4.69, 9.17) is 0 Å². The molecule has 124 valence electrons. The minimum absolute atomic E-state index is 0.0818. The molecule has 0 aliphatic carbocycles. The summed E-state index contributed by atoms with van der Waals surface area (Å²) < 4.78 is 38.5. The number of hydrogen-bond acceptors (Lipinski definition) is 4.